The fraction of sp³-hybridized carbons (Fsp3) is 0.947. The van der Waals surface area contributed by atoms with Gasteiger partial charge in [-0.15, -0.1) is 0 Å². The Morgan fingerprint density at radius 1 is 1.00 bits per heavy atom. The fourth-order valence-corrected chi connectivity index (χ4v) is 5.61. The summed E-state index contributed by atoms with van der Waals surface area (Å²) < 4.78 is 6.13. The van der Waals surface area contributed by atoms with Crippen molar-refractivity contribution in [2.24, 2.45) is 29.4 Å². The highest BCUT2D eigenvalue weighted by atomic mass is 16.5. The highest BCUT2D eigenvalue weighted by molar-refractivity contribution is 5.80. The van der Waals surface area contributed by atoms with Crippen molar-refractivity contribution in [3.63, 3.8) is 0 Å². The SMILES string of the molecule is N[C@@H]1[C@H]2CC[C@@H](C2)[C@H]1C(=O)N1CCC(OCC2CCCC2)CC1. The minimum absolute atomic E-state index is 0.115. The van der Waals surface area contributed by atoms with Crippen molar-refractivity contribution >= 4 is 5.91 Å². The van der Waals surface area contributed by atoms with E-state index in [1.54, 1.807) is 0 Å². The maximum atomic E-state index is 12.9. The molecule has 4 atom stereocenters. The molecular formula is C19H32N2O2. The third-order valence-electron chi connectivity index (χ3n) is 7.06. The molecule has 3 saturated carbocycles. The third-order valence-corrected chi connectivity index (χ3v) is 7.06. The fourth-order valence-electron chi connectivity index (χ4n) is 5.61. The molecule has 0 unspecified atom stereocenters. The number of nitrogens with zero attached hydrogens (tertiary/aromatic N) is 1. The van der Waals surface area contributed by atoms with Gasteiger partial charge in [-0.05, 0) is 62.7 Å². The van der Waals surface area contributed by atoms with Crippen molar-refractivity contribution < 1.29 is 9.53 Å². The third kappa shape index (κ3) is 3.17. The minimum atomic E-state index is 0.115. The Morgan fingerprint density at radius 3 is 2.35 bits per heavy atom. The van der Waals surface area contributed by atoms with Crippen LogP contribution in [0.5, 0.6) is 0 Å². The van der Waals surface area contributed by atoms with Gasteiger partial charge in [-0.25, -0.2) is 0 Å². The van der Waals surface area contributed by atoms with E-state index in [2.05, 4.69) is 4.90 Å². The van der Waals surface area contributed by atoms with Gasteiger partial charge in [0.25, 0.3) is 0 Å². The first kappa shape index (κ1) is 15.9. The highest BCUT2D eigenvalue weighted by Gasteiger charge is 2.50. The van der Waals surface area contributed by atoms with E-state index in [-0.39, 0.29) is 12.0 Å². The molecule has 1 heterocycles. The van der Waals surface area contributed by atoms with Gasteiger partial charge >= 0.3 is 0 Å². The van der Waals surface area contributed by atoms with Gasteiger partial charge in [-0.2, -0.15) is 0 Å². The molecule has 1 saturated heterocycles. The van der Waals surface area contributed by atoms with Crippen molar-refractivity contribution in [1.82, 2.24) is 4.90 Å². The summed E-state index contributed by atoms with van der Waals surface area (Å²) in [6, 6.07) is 0.123. The number of piperidine rings is 1. The molecule has 0 aromatic rings. The highest BCUT2D eigenvalue weighted by Crippen LogP contribution is 2.48. The maximum absolute atomic E-state index is 12.9. The van der Waals surface area contributed by atoms with Crippen molar-refractivity contribution in [2.45, 2.75) is 69.9 Å². The van der Waals surface area contributed by atoms with Crippen LogP contribution in [-0.4, -0.2) is 42.6 Å². The van der Waals surface area contributed by atoms with Gasteiger partial charge in [0, 0.05) is 25.7 Å². The van der Waals surface area contributed by atoms with Crippen LogP contribution in [0.2, 0.25) is 0 Å². The molecule has 4 nitrogen and oxygen atoms in total. The Bertz CT molecular complexity index is 425. The number of carbonyl (C=O) groups is 1. The lowest BCUT2D eigenvalue weighted by atomic mass is 9.83. The first-order chi connectivity index (χ1) is 11.2. The summed E-state index contributed by atoms with van der Waals surface area (Å²) in [5.74, 6) is 2.44. The summed E-state index contributed by atoms with van der Waals surface area (Å²) in [6.45, 7) is 2.68. The molecule has 1 aliphatic heterocycles. The van der Waals surface area contributed by atoms with Gasteiger partial charge in [0.1, 0.15) is 0 Å². The zero-order valence-corrected chi connectivity index (χ0v) is 14.3. The van der Waals surface area contributed by atoms with E-state index in [0.29, 0.717) is 23.8 Å². The molecule has 0 aromatic heterocycles. The van der Waals surface area contributed by atoms with Crippen molar-refractivity contribution in [3.05, 3.63) is 0 Å². The number of likely N-dealkylation sites (tertiary alicyclic amines) is 1. The average Bonchev–Trinajstić information content (AvgIpc) is 3.30. The van der Waals surface area contributed by atoms with Crippen LogP contribution in [0.4, 0.5) is 0 Å². The van der Waals surface area contributed by atoms with Crippen LogP contribution in [-0.2, 0) is 9.53 Å². The Kier molecular flexibility index (Phi) is 4.64. The summed E-state index contributed by atoms with van der Waals surface area (Å²) in [4.78, 5) is 15.0. The van der Waals surface area contributed by atoms with E-state index in [4.69, 9.17) is 10.5 Å². The molecule has 4 rings (SSSR count). The number of ether oxygens (including phenoxy) is 1. The van der Waals surface area contributed by atoms with E-state index >= 15 is 0 Å². The molecule has 3 aliphatic carbocycles. The molecule has 4 heteroatoms. The topological polar surface area (TPSA) is 55.6 Å². The zero-order valence-electron chi connectivity index (χ0n) is 14.3. The Hall–Kier alpha value is -0.610. The normalized spacial score (nSPS) is 38.6. The van der Waals surface area contributed by atoms with Crippen LogP contribution in [0.25, 0.3) is 0 Å². The van der Waals surface area contributed by atoms with Crippen LogP contribution in [0.3, 0.4) is 0 Å². The van der Waals surface area contributed by atoms with E-state index in [1.807, 2.05) is 0 Å². The molecule has 2 N–H and O–H groups in total. The molecule has 4 aliphatic rings. The number of nitrogens with two attached hydrogens (primary N) is 1. The summed E-state index contributed by atoms with van der Waals surface area (Å²) in [6.07, 6.45) is 11.5. The van der Waals surface area contributed by atoms with Gasteiger partial charge in [-0.3, -0.25) is 4.79 Å². The van der Waals surface area contributed by atoms with E-state index in [0.717, 1.165) is 38.5 Å². The van der Waals surface area contributed by atoms with E-state index in [9.17, 15) is 4.79 Å². The Balaban J connectivity index is 1.24. The van der Waals surface area contributed by atoms with Crippen LogP contribution in [0, 0.1) is 23.7 Å². The Morgan fingerprint density at radius 2 is 1.70 bits per heavy atom. The van der Waals surface area contributed by atoms with Gasteiger partial charge < -0.3 is 15.4 Å². The molecule has 1 amide bonds. The van der Waals surface area contributed by atoms with Crippen molar-refractivity contribution in [1.29, 1.82) is 0 Å². The Labute approximate surface area is 140 Å². The first-order valence-corrected chi connectivity index (χ1v) is 9.88. The lowest BCUT2D eigenvalue weighted by Crippen LogP contribution is -2.50. The van der Waals surface area contributed by atoms with Crippen LogP contribution < -0.4 is 5.73 Å². The lowest BCUT2D eigenvalue weighted by Gasteiger charge is -2.37. The van der Waals surface area contributed by atoms with Gasteiger partial charge in [0.15, 0.2) is 0 Å². The van der Waals surface area contributed by atoms with Crippen molar-refractivity contribution in [2.75, 3.05) is 19.7 Å². The second-order valence-electron chi connectivity index (χ2n) is 8.44. The largest absolute Gasteiger partial charge is 0.378 e. The van der Waals surface area contributed by atoms with E-state index < -0.39 is 0 Å². The average molecular weight is 320 g/mol. The number of rotatable bonds is 4. The van der Waals surface area contributed by atoms with Crippen molar-refractivity contribution in [3.8, 4) is 0 Å². The van der Waals surface area contributed by atoms with Crippen LogP contribution >= 0.6 is 0 Å². The predicted octanol–water partition coefficient (Wildman–Crippen LogP) is 2.56. The number of hydrogen-bond donors (Lipinski definition) is 1. The minimum Gasteiger partial charge on any atom is -0.378 e. The van der Waals surface area contributed by atoms with Crippen LogP contribution in [0.1, 0.15) is 57.8 Å². The summed E-state index contributed by atoms with van der Waals surface area (Å²) in [7, 11) is 0. The lowest BCUT2D eigenvalue weighted by molar-refractivity contribution is -0.140. The molecule has 2 bridgehead atoms. The molecule has 23 heavy (non-hydrogen) atoms. The summed E-state index contributed by atoms with van der Waals surface area (Å²) >= 11 is 0. The van der Waals surface area contributed by atoms with Gasteiger partial charge in [-0.1, -0.05) is 12.8 Å². The zero-order chi connectivity index (χ0) is 15.8. The maximum Gasteiger partial charge on any atom is 0.227 e. The molecule has 0 radical (unpaired) electrons. The van der Waals surface area contributed by atoms with Gasteiger partial charge in [0.05, 0.1) is 12.0 Å². The van der Waals surface area contributed by atoms with E-state index in [1.165, 1.54) is 44.9 Å². The second-order valence-corrected chi connectivity index (χ2v) is 8.44. The molecule has 0 spiro atoms. The smallest absolute Gasteiger partial charge is 0.227 e. The molecule has 4 fully saturated rings. The number of carbonyl (C=O) groups excluding carboxylic acids is 1. The predicted molar refractivity (Wildman–Crippen MR) is 89.8 cm³/mol. The standard InChI is InChI=1S/C19H32N2O2/c20-18-15-6-5-14(11-15)17(18)19(22)21-9-7-16(8-10-21)23-12-13-3-1-2-4-13/h13-18H,1-12,20H2/t14-,15-,17+,18+/m0/s1. The molecule has 130 valence electrons. The summed E-state index contributed by atoms with van der Waals surface area (Å²) in [5.41, 5.74) is 6.34. The van der Waals surface area contributed by atoms with Crippen LogP contribution in [0.15, 0.2) is 0 Å². The molecule has 0 aromatic carbocycles. The number of hydrogen-bond acceptors (Lipinski definition) is 3. The summed E-state index contributed by atoms with van der Waals surface area (Å²) in [5, 5.41) is 0. The number of amides is 1. The van der Waals surface area contributed by atoms with Gasteiger partial charge in [0.2, 0.25) is 5.91 Å². The quantitative estimate of drug-likeness (QED) is 0.866. The number of fused-ring (bicyclic) bond motifs is 2. The molecular weight excluding hydrogens is 288 g/mol. The monoisotopic (exact) mass is 320 g/mol. The first-order valence-electron chi connectivity index (χ1n) is 9.88. The second kappa shape index (κ2) is 6.72.